The Hall–Kier alpha value is -5.12. The van der Waals surface area contributed by atoms with Crippen LogP contribution in [0.5, 0.6) is 0 Å². The third-order valence-electron chi connectivity index (χ3n) is 12.1. The van der Waals surface area contributed by atoms with Gasteiger partial charge in [-0.05, 0) is 22.3 Å². The molecule has 0 saturated carbocycles. The van der Waals surface area contributed by atoms with Crippen molar-refractivity contribution < 1.29 is 52.1 Å². The van der Waals surface area contributed by atoms with E-state index in [0.29, 0.717) is 13.2 Å². The van der Waals surface area contributed by atoms with Crippen LogP contribution in [-0.2, 0) is 78.5 Å². The summed E-state index contributed by atoms with van der Waals surface area (Å²) in [5, 5.41) is 0. The highest BCUT2D eigenvalue weighted by Gasteiger charge is 2.56. The van der Waals surface area contributed by atoms with E-state index in [1.165, 1.54) is 0 Å². The number of hydrogen-bond donors (Lipinski definition) is 0. The number of benzene rings is 6. The molecule has 4 aliphatic rings. The van der Waals surface area contributed by atoms with Crippen molar-refractivity contribution >= 4 is 0 Å². The lowest BCUT2D eigenvalue weighted by Gasteiger charge is -2.52. The van der Waals surface area contributed by atoms with Gasteiger partial charge in [0.2, 0.25) is 0 Å². The molecule has 6 aromatic carbocycles. The molecule has 4 heterocycles. The first-order valence-electron chi connectivity index (χ1n) is 22.4. The third kappa shape index (κ3) is 10.8. The van der Waals surface area contributed by atoms with Crippen molar-refractivity contribution in [2.75, 3.05) is 13.2 Å². The molecule has 4 saturated heterocycles. The Morgan fingerprint density at radius 1 is 0.338 bits per heavy atom. The zero-order valence-corrected chi connectivity index (χ0v) is 36.0. The molecule has 10 rings (SSSR count). The summed E-state index contributed by atoms with van der Waals surface area (Å²) in [4.78, 5) is 0. The minimum atomic E-state index is -1.04. The Kier molecular flexibility index (Phi) is 14.4. The maximum atomic E-state index is 7.14. The summed E-state index contributed by atoms with van der Waals surface area (Å²) in [6, 6.07) is 59.9. The monoisotopic (exact) mass is 878 g/mol. The standard InChI is InChI=1S/C54H54O11/c1-7-19-37(20-8-1)31-55-47-45-43(35-59-51(63-45)41-27-15-5-16-28-41)61-53(49(47)57-33-39-23-11-3-12-24-39)65-54-50(58-34-40-25-13-4-14-26-40)48(56-32-38-21-9-2-10-22-38)46-44(62-54)36-60-52(64-46)42-29-17-6-18-30-42/h1-30,43-54H,31-36H2/t43-,44-,45-,46-,47+,48+,49-,50-,51?,52?,53-,54-/m1/s1. The van der Waals surface area contributed by atoms with Gasteiger partial charge in [0, 0.05) is 11.1 Å². The SMILES string of the molecule is c1ccc(CO[C@@H]2[C@@H](OCc3ccccc3)[C@@H](O[C@H]3O[C@@H]4COC(c5ccccc5)O[C@H]4[C@H](OCc4ccccc4)[C@H]3OCc3ccccc3)O[C@@H]3COC(c4ccccc4)O[C@@H]23)cc1. The van der Waals surface area contributed by atoms with Crippen LogP contribution in [0.3, 0.4) is 0 Å². The van der Waals surface area contributed by atoms with Crippen LogP contribution in [0, 0.1) is 0 Å². The van der Waals surface area contributed by atoms with E-state index >= 15 is 0 Å². The summed E-state index contributed by atoms with van der Waals surface area (Å²) < 4.78 is 75.0. The molecule has 12 atom stereocenters. The van der Waals surface area contributed by atoms with E-state index in [4.69, 9.17) is 52.1 Å². The van der Waals surface area contributed by atoms with E-state index in [2.05, 4.69) is 0 Å². The highest BCUT2D eigenvalue weighted by Crippen LogP contribution is 2.41. The van der Waals surface area contributed by atoms with Gasteiger partial charge in [0.1, 0.15) is 48.8 Å². The van der Waals surface area contributed by atoms with E-state index in [-0.39, 0.29) is 26.4 Å². The molecular formula is C54H54O11. The highest BCUT2D eigenvalue weighted by molar-refractivity contribution is 5.20. The van der Waals surface area contributed by atoms with E-state index in [0.717, 1.165) is 33.4 Å². The van der Waals surface area contributed by atoms with Crippen LogP contribution in [0.4, 0.5) is 0 Å². The molecular weight excluding hydrogens is 825 g/mol. The Morgan fingerprint density at radius 3 is 0.954 bits per heavy atom. The first-order valence-corrected chi connectivity index (χ1v) is 22.4. The van der Waals surface area contributed by atoms with Gasteiger partial charge in [0.15, 0.2) is 25.2 Å². The van der Waals surface area contributed by atoms with E-state index in [1.807, 2.05) is 182 Å². The summed E-state index contributed by atoms with van der Waals surface area (Å²) >= 11 is 0. The molecule has 0 amide bonds. The predicted molar refractivity (Wildman–Crippen MR) is 238 cm³/mol. The molecule has 0 aliphatic carbocycles. The van der Waals surface area contributed by atoms with Crippen molar-refractivity contribution in [1.82, 2.24) is 0 Å². The highest BCUT2D eigenvalue weighted by atomic mass is 16.8. The molecule has 2 unspecified atom stereocenters. The summed E-state index contributed by atoms with van der Waals surface area (Å²) in [6.07, 6.45) is -8.66. The first kappa shape index (κ1) is 43.8. The van der Waals surface area contributed by atoms with Crippen molar-refractivity contribution in [1.29, 1.82) is 0 Å². The second-order valence-electron chi connectivity index (χ2n) is 16.6. The van der Waals surface area contributed by atoms with Gasteiger partial charge in [0.05, 0.1) is 39.6 Å². The van der Waals surface area contributed by atoms with Gasteiger partial charge in [-0.3, -0.25) is 0 Å². The predicted octanol–water partition coefficient (Wildman–Crippen LogP) is 9.02. The van der Waals surface area contributed by atoms with Crippen molar-refractivity contribution in [3.63, 3.8) is 0 Å². The second kappa shape index (κ2) is 21.5. The zero-order valence-electron chi connectivity index (χ0n) is 36.0. The zero-order chi connectivity index (χ0) is 43.6. The molecule has 11 nitrogen and oxygen atoms in total. The van der Waals surface area contributed by atoms with E-state index in [9.17, 15) is 0 Å². The summed E-state index contributed by atoms with van der Waals surface area (Å²) in [7, 11) is 0. The third-order valence-corrected chi connectivity index (χ3v) is 12.1. The lowest BCUT2D eigenvalue weighted by Crippen LogP contribution is -2.67. The van der Waals surface area contributed by atoms with Gasteiger partial charge in [-0.2, -0.15) is 0 Å². The van der Waals surface area contributed by atoms with Gasteiger partial charge in [0.25, 0.3) is 0 Å². The summed E-state index contributed by atoms with van der Waals surface area (Å²) in [5.41, 5.74) is 5.74. The molecule has 0 bridgehead atoms. The van der Waals surface area contributed by atoms with Crippen LogP contribution in [0.1, 0.15) is 46.0 Å². The van der Waals surface area contributed by atoms with Crippen LogP contribution in [0.15, 0.2) is 182 Å². The Balaban J connectivity index is 0.994. The average molecular weight is 879 g/mol. The van der Waals surface area contributed by atoms with E-state index in [1.54, 1.807) is 0 Å². The van der Waals surface area contributed by atoms with Gasteiger partial charge < -0.3 is 52.1 Å². The average Bonchev–Trinajstić information content (AvgIpc) is 3.38. The number of hydrogen-bond acceptors (Lipinski definition) is 11. The largest absolute Gasteiger partial charge is 0.368 e. The molecule has 4 fully saturated rings. The molecule has 0 spiro atoms. The molecule has 336 valence electrons. The lowest BCUT2D eigenvalue weighted by atomic mass is 9.95. The molecule has 0 aromatic heterocycles. The van der Waals surface area contributed by atoms with Crippen LogP contribution >= 0.6 is 0 Å². The van der Waals surface area contributed by atoms with Crippen molar-refractivity contribution in [2.45, 2.75) is 100 Å². The van der Waals surface area contributed by atoms with E-state index < -0.39 is 74.0 Å². The smallest absolute Gasteiger partial charge is 0.190 e. The summed E-state index contributed by atoms with van der Waals surface area (Å²) in [6.45, 7) is 1.54. The minimum Gasteiger partial charge on any atom is -0.368 e. The lowest BCUT2D eigenvalue weighted by molar-refractivity contribution is -0.422. The fourth-order valence-electron chi connectivity index (χ4n) is 8.80. The van der Waals surface area contributed by atoms with Crippen LogP contribution < -0.4 is 0 Å². The fraction of sp³-hybridized carbons (Fsp3) is 0.333. The molecule has 0 radical (unpaired) electrons. The van der Waals surface area contributed by atoms with Crippen LogP contribution in [-0.4, -0.2) is 74.6 Å². The molecule has 6 aromatic rings. The Bertz CT molecular complexity index is 2150. The van der Waals surface area contributed by atoms with Gasteiger partial charge in [-0.25, -0.2) is 0 Å². The topological polar surface area (TPSA) is 102 Å². The molecule has 11 heteroatoms. The van der Waals surface area contributed by atoms with Crippen LogP contribution in [0.25, 0.3) is 0 Å². The Morgan fingerprint density at radius 2 is 0.631 bits per heavy atom. The fourth-order valence-corrected chi connectivity index (χ4v) is 8.80. The van der Waals surface area contributed by atoms with Crippen LogP contribution in [0.2, 0.25) is 0 Å². The summed E-state index contributed by atoms with van der Waals surface area (Å²) in [5.74, 6) is 0. The quantitative estimate of drug-likeness (QED) is 0.0932. The molecule has 4 aliphatic heterocycles. The first-order chi connectivity index (χ1) is 32.2. The number of ether oxygens (including phenoxy) is 11. The van der Waals surface area contributed by atoms with Gasteiger partial charge in [-0.15, -0.1) is 0 Å². The minimum absolute atomic E-state index is 0.218. The van der Waals surface area contributed by atoms with Gasteiger partial charge in [-0.1, -0.05) is 182 Å². The van der Waals surface area contributed by atoms with Gasteiger partial charge >= 0.3 is 0 Å². The number of fused-ring (bicyclic) bond motifs is 2. The van der Waals surface area contributed by atoms with Crippen molar-refractivity contribution in [3.8, 4) is 0 Å². The van der Waals surface area contributed by atoms with Crippen molar-refractivity contribution in [3.05, 3.63) is 215 Å². The molecule has 0 N–H and O–H groups in total. The normalized spacial score (nSPS) is 29.9. The Labute approximate surface area is 380 Å². The molecule has 65 heavy (non-hydrogen) atoms. The maximum absolute atomic E-state index is 7.14. The maximum Gasteiger partial charge on any atom is 0.190 e. The number of rotatable bonds is 16. The van der Waals surface area contributed by atoms with Crippen molar-refractivity contribution in [2.24, 2.45) is 0 Å². The second-order valence-corrected chi connectivity index (χ2v) is 16.6.